The van der Waals surface area contributed by atoms with Crippen molar-refractivity contribution in [1.29, 1.82) is 0 Å². The average molecular weight is 216 g/mol. The van der Waals surface area contributed by atoms with E-state index in [1.165, 1.54) is 0 Å². The van der Waals surface area contributed by atoms with Crippen LogP contribution in [0.25, 0.3) is 0 Å². The van der Waals surface area contributed by atoms with Crippen LogP contribution in [0, 0.1) is 0 Å². The Kier molecular flexibility index (Phi) is 4.07. The van der Waals surface area contributed by atoms with E-state index in [2.05, 4.69) is 5.32 Å². The first-order chi connectivity index (χ1) is 6.94. The Morgan fingerprint density at radius 1 is 1.53 bits per heavy atom. The van der Waals surface area contributed by atoms with Crippen LogP contribution in [-0.4, -0.2) is 30.3 Å². The predicted molar refractivity (Wildman–Crippen MR) is 55.9 cm³/mol. The molecule has 0 aromatic carbocycles. The van der Waals surface area contributed by atoms with E-state index in [1.54, 1.807) is 0 Å². The van der Waals surface area contributed by atoms with Gasteiger partial charge in [0.15, 0.2) is 6.10 Å². The number of carbonyl (C=O) groups excluding carboxylic acids is 1. The second kappa shape index (κ2) is 4.92. The smallest absolute Gasteiger partial charge is 0.339 e. The van der Waals surface area contributed by atoms with Gasteiger partial charge in [-0.3, -0.25) is 4.84 Å². The third kappa shape index (κ3) is 3.77. The zero-order valence-electron chi connectivity index (χ0n) is 9.58. The van der Waals surface area contributed by atoms with Crippen LogP contribution >= 0.6 is 0 Å². The first-order valence-corrected chi connectivity index (χ1v) is 5.26. The van der Waals surface area contributed by atoms with E-state index in [1.807, 2.05) is 20.8 Å². The number of rotatable bonds is 3. The summed E-state index contributed by atoms with van der Waals surface area (Å²) in [7, 11) is 0. The van der Waals surface area contributed by atoms with Gasteiger partial charge in [-0.1, -0.05) is 0 Å². The molecule has 2 atom stereocenters. The molecule has 5 nitrogen and oxygen atoms in total. The SMILES string of the molecule is CC(C)(C)OC(=O)C(ON)C1CCCN1. The summed E-state index contributed by atoms with van der Waals surface area (Å²) in [5.74, 6) is 4.73. The molecular formula is C10H20N2O3. The highest BCUT2D eigenvalue weighted by atomic mass is 16.7. The van der Waals surface area contributed by atoms with Gasteiger partial charge >= 0.3 is 5.97 Å². The molecule has 0 radical (unpaired) electrons. The lowest BCUT2D eigenvalue weighted by atomic mass is 10.1. The van der Waals surface area contributed by atoms with Crippen LogP contribution in [0.2, 0.25) is 0 Å². The lowest BCUT2D eigenvalue weighted by Crippen LogP contribution is -2.46. The van der Waals surface area contributed by atoms with E-state index in [9.17, 15) is 4.79 Å². The minimum Gasteiger partial charge on any atom is -0.458 e. The molecular weight excluding hydrogens is 196 g/mol. The molecule has 0 saturated carbocycles. The highest BCUT2D eigenvalue weighted by Crippen LogP contribution is 2.15. The molecule has 0 bridgehead atoms. The molecule has 1 aliphatic heterocycles. The van der Waals surface area contributed by atoms with E-state index >= 15 is 0 Å². The van der Waals surface area contributed by atoms with Crippen LogP contribution in [0.3, 0.4) is 0 Å². The summed E-state index contributed by atoms with van der Waals surface area (Å²) in [4.78, 5) is 16.4. The molecule has 1 aliphatic rings. The van der Waals surface area contributed by atoms with Crippen LogP contribution in [0.5, 0.6) is 0 Å². The standard InChI is InChI=1S/C10H20N2O3/c1-10(2,3)14-9(13)8(15-11)7-5-4-6-12-7/h7-8,12H,4-6,11H2,1-3H3. The van der Waals surface area contributed by atoms with Crippen molar-refractivity contribution in [3.05, 3.63) is 0 Å². The predicted octanol–water partition coefficient (Wildman–Crippen LogP) is 0.339. The highest BCUT2D eigenvalue weighted by molar-refractivity contribution is 5.76. The number of esters is 1. The fourth-order valence-corrected chi connectivity index (χ4v) is 1.64. The second-order valence-corrected chi connectivity index (χ2v) is 4.79. The van der Waals surface area contributed by atoms with Gasteiger partial charge in [-0.25, -0.2) is 10.7 Å². The summed E-state index contributed by atoms with van der Waals surface area (Å²) in [5, 5.41) is 3.17. The molecule has 0 amide bonds. The highest BCUT2D eigenvalue weighted by Gasteiger charge is 2.34. The molecule has 0 aromatic rings. The van der Waals surface area contributed by atoms with Crippen molar-refractivity contribution in [2.24, 2.45) is 5.90 Å². The molecule has 1 rings (SSSR count). The van der Waals surface area contributed by atoms with Crippen LogP contribution in [0.15, 0.2) is 0 Å². The first-order valence-electron chi connectivity index (χ1n) is 5.26. The van der Waals surface area contributed by atoms with Crippen LogP contribution in [-0.2, 0) is 14.4 Å². The van der Waals surface area contributed by atoms with Crippen molar-refractivity contribution in [3.63, 3.8) is 0 Å². The summed E-state index contributed by atoms with van der Waals surface area (Å²) in [6.45, 7) is 6.36. The molecule has 15 heavy (non-hydrogen) atoms. The van der Waals surface area contributed by atoms with Crippen LogP contribution in [0.4, 0.5) is 0 Å². The Hall–Kier alpha value is -0.650. The van der Waals surface area contributed by atoms with Crippen molar-refractivity contribution in [3.8, 4) is 0 Å². The normalized spacial score (nSPS) is 23.9. The monoisotopic (exact) mass is 216 g/mol. The summed E-state index contributed by atoms with van der Waals surface area (Å²) >= 11 is 0. The third-order valence-corrected chi connectivity index (χ3v) is 2.25. The molecule has 1 heterocycles. The molecule has 1 saturated heterocycles. The summed E-state index contributed by atoms with van der Waals surface area (Å²) in [5.41, 5.74) is -0.507. The van der Waals surface area contributed by atoms with Crippen molar-refractivity contribution in [2.75, 3.05) is 6.54 Å². The quantitative estimate of drug-likeness (QED) is 0.525. The van der Waals surface area contributed by atoms with E-state index in [0.29, 0.717) is 0 Å². The molecule has 0 aliphatic carbocycles. The Morgan fingerprint density at radius 2 is 2.20 bits per heavy atom. The molecule has 88 valence electrons. The largest absolute Gasteiger partial charge is 0.458 e. The zero-order chi connectivity index (χ0) is 11.5. The maximum Gasteiger partial charge on any atom is 0.339 e. The fraction of sp³-hybridized carbons (Fsp3) is 0.900. The van der Waals surface area contributed by atoms with E-state index < -0.39 is 17.7 Å². The van der Waals surface area contributed by atoms with E-state index in [-0.39, 0.29) is 6.04 Å². The topological polar surface area (TPSA) is 73.6 Å². The Labute approximate surface area is 90.3 Å². The van der Waals surface area contributed by atoms with Crippen molar-refractivity contribution < 1.29 is 14.4 Å². The van der Waals surface area contributed by atoms with Gasteiger partial charge in [0.25, 0.3) is 0 Å². The summed E-state index contributed by atoms with van der Waals surface area (Å²) < 4.78 is 5.22. The number of carbonyl (C=O) groups is 1. The van der Waals surface area contributed by atoms with Gasteiger partial charge < -0.3 is 10.1 Å². The van der Waals surface area contributed by atoms with Gasteiger partial charge in [-0.05, 0) is 40.2 Å². The van der Waals surface area contributed by atoms with Gasteiger partial charge in [0.05, 0.1) is 0 Å². The molecule has 0 aromatic heterocycles. The van der Waals surface area contributed by atoms with Crippen molar-refractivity contribution in [1.82, 2.24) is 5.32 Å². The van der Waals surface area contributed by atoms with E-state index in [4.69, 9.17) is 15.5 Å². The van der Waals surface area contributed by atoms with Gasteiger partial charge in [0, 0.05) is 6.04 Å². The maximum absolute atomic E-state index is 11.7. The lowest BCUT2D eigenvalue weighted by molar-refractivity contribution is -0.170. The molecule has 3 N–H and O–H groups in total. The third-order valence-electron chi connectivity index (χ3n) is 2.25. The summed E-state index contributed by atoms with van der Waals surface area (Å²) in [6, 6.07) is -0.0233. The van der Waals surface area contributed by atoms with Crippen LogP contribution < -0.4 is 11.2 Å². The first kappa shape index (κ1) is 12.4. The fourth-order valence-electron chi connectivity index (χ4n) is 1.64. The number of hydrogen-bond donors (Lipinski definition) is 2. The minimum atomic E-state index is -0.702. The number of ether oxygens (including phenoxy) is 1. The maximum atomic E-state index is 11.7. The van der Waals surface area contributed by atoms with E-state index in [0.717, 1.165) is 19.4 Å². The number of nitrogens with one attached hydrogen (secondary N) is 1. The minimum absolute atomic E-state index is 0.0233. The Balaban J connectivity index is 2.53. The van der Waals surface area contributed by atoms with Gasteiger partial charge in [-0.15, -0.1) is 0 Å². The molecule has 1 fully saturated rings. The molecule has 2 unspecified atom stereocenters. The van der Waals surface area contributed by atoms with Gasteiger partial charge in [-0.2, -0.15) is 0 Å². The van der Waals surface area contributed by atoms with Crippen LogP contribution in [0.1, 0.15) is 33.6 Å². The number of nitrogens with two attached hydrogens (primary N) is 1. The van der Waals surface area contributed by atoms with Crippen molar-refractivity contribution >= 4 is 5.97 Å². The summed E-state index contributed by atoms with van der Waals surface area (Å²) in [6.07, 6.45) is 1.22. The Morgan fingerprint density at radius 3 is 2.60 bits per heavy atom. The molecule has 0 spiro atoms. The second-order valence-electron chi connectivity index (χ2n) is 4.79. The van der Waals surface area contributed by atoms with Crippen molar-refractivity contribution in [2.45, 2.75) is 51.4 Å². The molecule has 5 heteroatoms. The van der Waals surface area contributed by atoms with Gasteiger partial charge in [0.1, 0.15) is 5.60 Å². The Bertz CT molecular complexity index is 219. The zero-order valence-corrected chi connectivity index (χ0v) is 9.58. The average Bonchev–Trinajstić information content (AvgIpc) is 2.54. The number of hydrogen-bond acceptors (Lipinski definition) is 5. The lowest BCUT2D eigenvalue weighted by Gasteiger charge is -2.25. The van der Waals surface area contributed by atoms with Gasteiger partial charge in [0.2, 0.25) is 0 Å².